The van der Waals surface area contributed by atoms with Crippen LogP contribution in [0, 0.1) is 5.92 Å². The minimum Gasteiger partial charge on any atom is -0.480 e. The topological polar surface area (TPSA) is 56.3 Å². The second kappa shape index (κ2) is 8.26. The zero-order valence-electron chi connectivity index (χ0n) is 11.1. The standard InChI is InChI=1S/C12H20BrN3O2/c1-9(2)8-18-6-4-5-14-12-15-7-10(13)11(16-12)17-3/h7,9H,4-6,8H2,1-3H3,(H,14,15,16). The van der Waals surface area contributed by atoms with Crippen LogP contribution >= 0.6 is 15.9 Å². The quantitative estimate of drug-likeness (QED) is 0.747. The fourth-order valence-corrected chi connectivity index (χ4v) is 1.63. The first kappa shape index (κ1) is 15.2. The van der Waals surface area contributed by atoms with E-state index in [4.69, 9.17) is 9.47 Å². The second-order valence-electron chi connectivity index (χ2n) is 4.30. The highest BCUT2D eigenvalue weighted by Crippen LogP contribution is 2.21. The lowest BCUT2D eigenvalue weighted by atomic mass is 10.2. The first-order chi connectivity index (χ1) is 8.63. The molecule has 1 aromatic rings. The third kappa shape index (κ3) is 5.64. The predicted octanol–water partition coefficient (Wildman–Crippen LogP) is 2.72. The SMILES string of the molecule is COc1nc(NCCCOCC(C)C)ncc1Br. The molecule has 1 rings (SSSR count). The lowest BCUT2D eigenvalue weighted by Crippen LogP contribution is -2.10. The minimum atomic E-state index is 0.531. The molecule has 0 amide bonds. The van der Waals surface area contributed by atoms with E-state index in [1.807, 2.05) is 0 Å². The number of hydrogen-bond donors (Lipinski definition) is 1. The Bertz CT molecular complexity index is 361. The Balaban J connectivity index is 2.23. The van der Waals surface area contributed by atoms with E-state index in [1.54, 1.807) is 13.3 Å². The number of halogens is 1. The molecule has 0 bridgehead atoms. The van der Waals surface area contributed by atoms with Crippen molar-refractivity contribution in [2.45, 2.75) is 20.3 Å². The number of nitrogens with zero attached hydrogens (tertiary/aromatic N) is 2. The maximum absolute atomic E-state index is 5.48. The maximum Gasteiger partial charge on any atom is 0.232 e. The molecular formula is C12H20BrN3O2. The highest BCUT2D eigenvalue weighted by molar-refractivity contribution is 9.10. The molecule has 102 valence electrons. The number of ether oxygens (including phenoxy) is 2. The molecule has 0 radical (unpaired) electrons. The van der Waals surface area contributed by atoms with Crippen LogP contribution in [0.4, 0.5) is 5.95 Å². The number of nitrogens with one attached hydrogen (secondary N) is 1. The van der Waals surface area contributed by atoms with Gasteiger partial charge in [-0.1, -0.05) is 13.8 Å². The van der Waals surface area contributed by atoms with E-state index in [2.05, 4.69) is 45.1 Å². The molecule has 1 N–H and O–H groups in total. The number of methoxy groups -OCH3 is 1. The molecule has 0 aromatic carbocycles. The molecule has 0 fully saturated rings. The first-order valence-corrected chi connectivity index (χ1v) is 6.81. The van der Waals surface area contributed by atoms with Gasteiger partial charge in [0.2, 0.25) is 11.8 Å². The van der Waals surface area contributed by atoms with Gasteiger partial charge in [0.15, 0.2) is 0 Å². The Morgan fingerprint density at radius 1 is 1.44 bits per heavy atom. The minimum absolute atomic E-state index is 0.531. The summed E-state index contributed by atoms with van der Waals surface area (Å²) in [5, 5.41) is 3.13. The number of aromatic nitrogens is 2. The van der Waals surface area contributed by atoms with E-state index >= 15 is 0 Å². The first-order valence-electron chi connectivity index (χ1n) is 6.01. The van der Waals surface area contributed by atoms with Crippen molar-refractivity contribution in [2.24, 2.45) is 5.92 Å². The number of hydrogen-bond acceptors (Lipinski definition) is 5. The zero-order chi connectivity index (χ0) is 13.4. The average molecular weight is 318 g/mol. The van der Waals surface area contributed by atoms with Crippen molar-refractivity contribution in [1.29, 1.82) is 0 Å². The highest BCUT2D eigenvalue weighted by Gasteiger charge is 2.04. The van der Waals surface area contributed by atoms with Gasteiger partial charge in [-0.05, 0) is 28.3 Å². The van der Waals surface area contributed by atoms with E-state index < -0.39 is 0 Å². The fourth-order valence-electron chi connectivity index (χ4n) is 1.27. The molecule has 0 atom stereocenters. The average Bonchev–Trinajstić information content (AvgIpc) is 2.35. The largest absolute Gasteiger partial charge is 0.480 e. The van der Waals surface area contributed by atoms with E-state index in [1.165, 1.54) is 0 Å². The van der Waals surface area contributed by atoms with Crippen LogP contribution < -0.4 is 10.1 Å². The van der Waals surface area contributed by atoms with Crippen LogP contribution in [-0.4, -0.2) is 36.8 Å². The number of rotatable bonds is 8. The van der Waals surface area contributed by atoms with E-state index in [0.29, 0.717) is 17.7 Å². The van der Waals surface area contributed by atoms with Crippen LogP contribution in [0.5, 0.6) is 5.88 Å². The molecule has 18 heavy (non-hydrogen) atoms. The Labute approximate surface area is 116 Å². The van der Waals surface area contributed by atoms with E-state index in [9.17, 15) is 0 Å². The predicted molar refractivity (Wildman–Crippen MR) is 75.0 cm³/mol. The van der Waals surface area contributed by atoms with Gasteiger partial charge < -0.3 is 14.8 Å². The van der Waals surface area contributed by atoms with Gasteiger partial charge in [-0.2, -0.15) is 4.98 Å². The van der Waals surface area contributed by atoms with Gasteiger partial charge in [-0.3, -0.25) is 0 Å². The smallest absolute Gasteiger partial charge is 0.232 e. The zero-order valence-corrected chi connectivity index (χ0v) is 12.7. The van der Waals surface area contributed by atoms with Gasteiger partial charge in [-0.15, -0.1) is 0 Å². The summed E-state index contributed by atoms with van der Waals surface area (Å²) in [7, 11) is 1.58. The Kier molecular flexibility index (Phi) is 6.97. The third-order valence-electron chi connectivity index (χ3n) is 2.11. The molecular weight excluding hydrogens is 298 g/mol. The van der Waals surface area contributed by atoms with Crippen LogP contribution in [0.2, 0.25) is 0 Å². The molecule has 1 aromatic heterocycles. The lowest BCUT2D eigenvalue weighted by molar-refractivity contribution is 0.110. The molecule has 0 spiro atoms. The monoisotopic (exact) mass is 317 g/mol. The summed E-state index contributed by atoms with van der Waals surface area (Å²) in [5.74, 6) is 1.68. The summed E-state index contributed by atoms with van der Waals surface area (Å²) in [6.07, 6.45) is 2.60. The summed E-state index contributed by atoms with van der Waals surface area (Å²) >= 11 is 3.31. The molecule has 0 saturated carbocycles. The normalized spacial score (nSPS) is 10.7. The fraction of sp³-hybridized carbons (Fsp3) is 0.667. The van der Waals surface area contributed by atoms with Gasteiger partial charge in [0, 0.05) is 19.8 Å². The van der Waals surface area contributed by atoms with Gasteiger partial charge in [0.25, 0.3) is 0 Å². The van der Waals surface area contributed by atoms with Crippen molar-refractivity contribution in [1.82, 2.24) is 9.97 Å². The van der Waals surface area contributed by atoms with Gasteiger partial charge in [-0.25, -0.2) is 4.98 Å². The van der Waals surface area contributed by atoms with E-state index in [0.717, 1.165) is 30.7 Å². The van der Waals surface area contributed by atoms with E-state index in [-0.39, 0.29) is 0 Å². The van der Waals surface area contributed by atoms with Crippen LogP contribution in [-0.2, 0) is 4.74 Å². The third-order valence-corrected chi connectivity index (χ3v) is 2.65. The van der Waals surface area contributed by atoms with Gasteiger partial charge in [0.05, 0.1) is 17.8 Å². The lowest BCUT2D eigenvalue weighted by Gasteiger charge is -2.08. The van der Waals surface area contributed by atoms with Crippen molar-refractivity contribution < 1.29 is 9.47 Å². The number of anilines is 1. The summed E-state index contributed by atoms with van der Waals surface area (Å²) in [6, 6.07) is 0. The Morgan fingerprint density at radius 3 is 2.89 bits per heavy atom. The van der Waals surface area contributed by atoms with Crippen LogP contribution in [0.15, 0.2) is 10.7 Å². The molecule has 0 aliphatic carbocycles. The van der Waals surface area contributed by atoms with Crippen molar-refractivity contribution in [2.75, 3.05) is 32.2 Å². The van der Waals surface area contributed by atoms with Crippen molar-refractivity contribution >= 4 is 21.9 Å². The van der Waals surface area contributed by atoms with Gasteiger partial charge >= 0.3 is 0 Å². The molecule has 5 nitrogen and oxygen atoms in total. The molecule has 0 unspecified atom stereocenters. The van der Waals surface area contributed by atoms with Crippen LogP contribution in [0.25, 0.3) is 0 Å². The van der Waals surface area contributed by atoms with Crippen molar-refractivity contribution in [3.8, 4) is 5.88 Å². The summed E-state index contributed by atoms with van der Waals surface area (Å²) in [6.45, 7) is 6.62. The van der Waals surface area contributed by atoms with Crippen LogP contribution in [0.3, 0.4) is 0 Å². The maximum atomic E-state index is 5.48. The summed E-state index contributed by atoms with van der Waals surface area (Å²) in [4.78, 5) is 8.35. The summed E-state index contributed by atoms with van der Waals surface area (Å²) < 4.78 is 11.3. The highest BCUT2D eigenvalue weighted by atomic mass is 79.9. The van der Waals surface area contributed by atoms with Crippen molar-refractivity contribution in [3.05, 3.63) is 10.7 Å². The van der Waals surface area contributed by atoms with Crippen LogP contribution in [0.1, 0.15) is 20.3 Å². The Morgan fingerprint density at radius 2 is 2.22 bits per heavy atom. The molecule has 6 heteroatoms. The molecule has 0 saturated heterocycles. The second-order valence-corrected chi connectivity index (χ2v) is 5.15. The Hall–Kier alpha value is -0.880. The molecule has 0 aliphatic heterocycles. The molecule has 1 heterocycles. The molecule has 0 aliphatic rings. The summed E-state index contributed by atoms with van der Waals surface area (Å²) in [5.41, 5.74) is 0. The van der Waals surface area contributed by atoms with Gasteiger partial charge in [0.1, 0.15) is 0 Å². The van der Waals surface area contributed by atoms with Crippen molar-refractivity contribution in [3.63, 3.8) is 0 Å².